The van der Waals surface area contributed by atoms with Gasteiger partial charge in [-0.2, -0.15) is 13.2 Å². The SMILES string of the molecule is CC(C)(N)c1ccc(NC(=O)C(=O)NCCCN2CCN(c3ccncc3)CC2)cc1.O=C(O)C(F)(F)F. The Hall–Kier alpha value is -3.71. The van der Waals surface area contributed by atoms with Crippen LogP contribution in [0.25, 0.3) is 0 Å². The maximum atomic E-state index is 12.1. The first-order valence-corrected chi connectivity index (χ1v) is 11.9. The first kappa shape index (κ1) is 30.5. The minimum absolute atomic E-state index is 0.453. The van der Waals surface area contributed by atoms with Gasteiger partial charge in [0.15, 0.2) is 0 Å². The second kappa shape index (κ2) is 13.7. The fourth-order valence-corrected chi connectivity index (χ4v) is 3.54. The lowest BCUT2D eigenvalue weighted by Crippen LogP contribution is -2.47. The van der Waals surface area contributed by atoms with E-state index in [4.69, 9.17) is 15.6 Å². The molecule has 1 saturated heterocycles. The van der Waals surface area contributed by atoms with E-state index in [9.17, 15) is 22.8 Å². The third-order valence-electron chi connectivity index (χ3n) is 5.67. The maximum Gasteiger partial charge on any atom is 0.490 e. The van der Waals surface area contributed by atoms with Crippen molar-refractivity contribution in [1.29, 1.82) is 0 Å². The van der Waals surface area contributed by atoms with Crippen molar-refractivity contribution in [3.63, 3.8) is 0 Å². The Labute approximate surface area is 219 Å². The lowest BCUT2D eigenvalue weighted by atomic mass is 9.96. The van der Waals surface area contributed by atoms with Gasteiger partial charge in [-0.1, -0.05) is 12.1 Å². The lowest BCUT2D eigenvalue weighted by Gasteiger charge is -2.36. The number of aromatic nitrogens is 1. The fraction of sp³-hybridized carbons (Fsp3) is 0.440. The van der Waals surface area contributed by atoms with Crippen LogP contribution in [0.5, 0.6) is 0 Å². The monoisotopic (exact) mass is 538 g/mol. The summed E-state index contributed by atoms with van der Waals surface area (Å²) in [5, 5.41) is 12.4. The standard InChI is InChI=1S/C23H32N6O2.C2HF3O2/c1-23(2,24)18-4-6-19(7-5-18)27-22(31)21(30)26-10-3-13-28-14-16-29(17-15-28)20-8-11-25-12-9-20;3-2(4,5)1(6)7/h4-9,11-12H,3,10,13-17,24H2,1-2H3,(H,26,30)(H,27,31);(H,6,7). The van der Waals surface area contributed by atoms with Crippen molar-refractivity contribution < 1.29 is 32.7 Å². The molecule has 0 spiro atoms. The van der Waals surface area contributed by atoms with Gasteiger partial charge >= 0.3 is 24.0 Å². The van der Waals surface area contributed by atoms with Crippen LogP contribution in [0.1, 0.15) is 25.8 Å². The van der Waals surface area contributed by atoms with E-state index < -0.39 is 29.5 Å². The molecule has 1 aliphatic rings. The van der Waals surface area contributed by atoms with E-state index in [0.717, 1.165) is 44.7 Å². The zero-order valence-corrected chi connectivity index (χ0v) is 21.3. The van der Waals surface area contributed by atoms with Gasteiger partial charge in [-0.05, 0) is 56.6 Å². The van der Waals surface area contributed by atoms with Crippen LogP contribution in [-0.2, 0) is 19.9 Å². The number of rotatable bonds is 7. The van der Waals surface area contributed by atoms with Gasteiger partial charge in [-0.3, -0.25) is 19.5 Å². The zero-order valence-electron chi connectivity index (χ0n) is 21.3. The molecule has 208 valence electrons. The van der Waals surface area contributed by atoms with Crippen molar-refractivity contribution in [3.05, 3.63) is 54.4 Å². The summed E-state index contributed by atoms with van der Waals surface area (Å²) in [7, 11) is 0. The lowest BCUT2D eigenvalue weighted by molar-refractivity contribution is -0.192. The van der Waals surface area contributed by atoms with Crippen LogP contribution in [0.2, 0.25) is 0 Å². The molecule has 0 radical (unpaired) electrons. The normalized spacial score (nSPS) is 14.2. The Kier molecular flexibility index (Phi) is 11.0. The Bertz CT molecular complexity index is 1050. The summed E-state index contributed by atoms with van der Waals surface area (Å²) in [4.78, 5) is 41.8. The molecule has 1 aromatic carbocycles. The average Bonchev–Trinajstić information content (AvgIpc) is 2.87. The van der Waals surface area contributed by atoms with Crippen LogP contribution >= 0.6 is 0 Å². The van der Waals surface area contributed by atoms with Gasteiger partial charge in [-0.25, -0.2) is 4.79 Å². The highest BCUT2D eigenvalue weighted by molar-refractivity contribution is 6.39. The Balaban J connectivity index is 0.000000638. The number of carboxylic acid groups (broad SMARTS) is 1. The number of hydrogen-bond donors (Lipinski definition) is 4. The molecular formula is C25H33F3N6O4. The van der Waals surface area contributed by atoms with E-state index in [1.807, 2.05) is 50.5 Å². The maximum absolute atomic E-state index is 12.1. The van der Waals surface area contributed by atoms with Gasteiger partial charge in [0.1, 0.15) is 0 Å². The molecule has 3 rings (SSSR count). The number of amides is 2. The molecule has 0 atom stereocenters. The number of carbonyl (C=O) groups is 3. The molecule has 2 aromatic rings. The number of halogens is 3. The van der Waals surface area contributed by atoms with Crippen molar-refractivity contribution in [2.75, 3.05) is 49.5 Å². The van der Waals surface area contributed by atoms with E-state index in [-0.39, 0.29) is 0 Å². The predicted molar refractivity (Wildman–Crippen MR) is 136 cm³/mol. The van der Waals surface area contributed by atoms with Crippen LogP contribution in [0.3, 0.4) is 0 Å². The van der Waals surface area contributed by atoms with Gasteiger partial charge in [0.05, 0.1) is 0 Å². The van der Waals surface area contributed by atoms with Crippen LogP contribution in [0.4, 0.5) is 24.5 Å². The zero-order chi connectivity index (χ0) is 28.3. The number of hydrogen-bond acceptors (Lipinski definition) is 7. The summed E-state index contributed by atoms with van der Waals surface area (Å²) < 4.78 is 31.7. The third-order valence-corrected chi connectivity index (χ3v) is 5.67. The predicted octanol–water partition coefficient (Wildman–Crippen LogP) is 2.18. The molecule has 1 aromatic heterocycles. The van der Waals surface area contributed by atoms with Gasteiger partial charge in [0.2, 0.25) is 0 Å². The number of alkyl halides is 3. The number of anilines is 2. The molecule has 0 aliphatic carbocycles. The topological polar surface area (TPSA) is 141 Å². The van der Waals surface area contributed by atoms with Gasteiger partial charge in [0, 0.05) is 62.0 Å². The number of piperazine rings is 1. The Morgan fingerprint density at radius 1 is 0.974 bits per heavy atom. The van der Waals surface area contributed by atoms with Crippen LogP contribution in [-0.4, -0.2) is 78.2 Å². The molecule has 2 amide bonds. The van der Waals surface area contributed by atoms with E-state index in [0.29, 0.717) is 12.2 Å². The van der Waals surface area contributed by atoms with E-state index >= 15 is 0 Å². The first-order chi connectivity index (χ1) is 17.8. The van der Waals surface area contributed by atoms with Gasteiger partial charge < -0.3 is 26.4 Å². The van der Waals surface area contributed by atoms with Crippen molar-refractivity contribution in [1.82, 2.24) is 15.2 Å². The summed E-state index contributed by atoms with van der Waals surface area (Å²) >= 11 is 0. The highest BCUT2D eigenvalue weighted by Gasteiger charge is 2.38. The highest BCUT2D eigenvalue weighted by atomic mass is 19.4. The number of pyridine rings is 1. The van der Waals surface area contributed by atoms with Crippen molar-refractivity contribution in [2.45, 2.75) is 32.0 Å². The number of carbonyl (C=O) groups excluding carboxylic acids is 2. The van der Waals surface area contributed by atoms with Crippen LogP contribution in [0, 0.1) is 0 Å². The number of carboxylic acids is 1. The molecule has 10 nitrogen and oxygen atoms in total. The average molecular weight is 539 g/mol. The van der Waals surface area contributed by atoms with E-state index in [1.165, 1.54) is 5.69 Å². The molecule has 5 N–H and O–H groups in total. The smallest absolute Gasteiger partial charge is 0.475 e. The number of nitrogens with zero attached hydrogens (tertiary/aromatic N) is 3. The molecule has 0 bridgehead atoms. The summed E-state index contributed by atoms with van der Waals surface area (Å²) in [6.45, 7) is 9.08. The Morgan fingerprint density at radius 3 is 2.03 bits per heavy atom. The molecule has 0 saturated carbocycles. The van der Waals surface area contributed by atoms with Crippen molar-refractivity contribution >= 4 is 29.2 Å². The number of benzene rings is 1. The van der Waals surface area contributed by atoms with Gasteiger partial charge in [0.25, 0.3) is 0 Å². The van der Waals surface area contributed by atoms with E-state index in [1.54, 1.807) is 12.1 Å². The number of aliphatic carboxylic acids is 1. The van der Waals surface area contributed by atoms with Crippen LogP contribution < -0.4 is 21.3 Å². The molecule has 1 aliphatic heterocycles. The minimum atomic E-state index is -5.08. The minimum Gasteiger partial charge on any atom is -0.475 e. The van der Waals surface area contributed by atoms with Crippen LogP contribution in [0.15, 0.2) is 48.8 Å². The third kappa shape index (κ3) is 10.3. The number of nitrogens with one attached hydrogen (secondary N) is 2. The summed E-state index contributed by atoms with van der Waals surface area (Å²) in [5.41, 5.74) is 8.33. The molecular weight excluding hydrogens is 505 g/mol. The highest BCUT2D eigenvalue weighted by Crippen LogP contribution is 2.19. The summed E-state index contributed by atoms with van der Waals surface area (Å²) in [6.07, 6.45) is -0.651. The fourth-order valence-electron chi connectivity index (χ4n) is 3.54. The number of nitrogens with two attached hydrogens (primary N) is 1. The molecule has 38 heavy (non-hydrogen) atoms. The van der Waals surface area contributed by atoms with Crippen molar-refractivity contribution in [3.8, 4) is 0 Å². The largest absolute Gasteiger partial charge is 0.490 e. The molecule has 2 heterocycles. The summed E-state index contributed by atoms with van der Waals surface area (Å²) in [5.74, 6) is -4.04. The van der Waals surface area contributed by atoms with Crippen molar-refractivity contribution in [2.24, 2.45) is 5.73 Å². The second-order valence-electron chi connectivity index (χ2n) is 9.20. The van der Waals surface area contributed by atoms with Gasteiger partial charge in [-0.15, -0.1) is 0 Å². The molecule has 13 heteroatoms. The molecule has 0 unspecified atom stereocenters. The first-order valence-electron chi connectivity index (χ1n) is 11.9. The quantitative estimate of drug-likeness (QED) is 0.311. The second-order valence-corrected chi connectivity index (χ2v) is 9.20. The molecule has 1 fully saturated rings. The van der Waals surface area contributed by atoms with E-state index in [2.05, 4.69) is 25.4 Å². The summed E-state index contributed by atoms with van der Waals surface area (Å²) in [6, 6.07) is 11.3. The Morgan fingerprint density at radius 2 is 1.53 bits per heavy atom.